The molecule has 5 heteroatoms. The molecule has 0 atom stereocenters. The smallest absolute Gasteiger partial charge is 0.253 e. The molecule has 0 fully saturated rings. The normalized spacial score (nSPS) is 10.7. The first-order valence-corrected chi connectivity index (χ1v) is 8.39. The number of carbonyl (C=O) groups excluding carboxylic acids is 1. The summed E-state index contributed by atoms with van der Waals surface area (Å²) in [6.45, 7) is 5.37. The highest BCUT2D eigenvalue weighted by Crippen LogP contribution is 2.19. The van der Waals surface area contributed by atoms with Crippen LogP contribution in [-0.4, -0.2) is 15.5 Å². The van der Waals surface area contributed by atoms with Crippen molar-refractivity contribution in [1.29, 1.82) is 0 Å². The molecule has 0 aromatic carbocycles. The van der Waals surface area contributed by atoms with Gasteiger partial charge in [0.05, 0.1) is 12.1 Å². The van der Waals surface area contributed by atoms with Gasteiger partial charge in [0.2, 0.25) is 0 Å². The van der Waals surface area contributed by atoms with Crippen LogP contribution in [0.1, 0.15) is 32.2 Å². The monoisotopic (exact) mass is 325 g/mol. The highest BCUT2D eigenvalue weighted by atomic mass is 32.1. The number of nitrogens with zero attached hydrogens (tertiary/aromatic N) is 2. The molecule has 0 aliphatic rings. The summed E-state index contributed by atoms with van der Waals surface area (Å²) in [4.78, 5) is 17.7. The second-order valence-corrected chi connectivity index (χ2v) is 6.52. The van der Waals surface area contributed by atoms with Gasteiger partial charge in [-0.3, -0.25) is 9.78 Å². The van der Waals surface area contributed by atoms with Gasteiger partial charge in [-0.1, -0.05) is 6.07 Å². The van der Waals surface area contributed by atoms with Gasteiger partial charge < -0.3 is 9.88 Å². The van der Waals surface area contributed by atoms with Crippen molar-refractivity contribution in [1.82, 2.24) is 14.9 Å². The van der Waals surface area contributed by atoms with Crippen molar-refractivity contribution in [2.45, 2.75) is 26.9 Å². The summed E-state index contributed by atoms with van der Waals surface area (Å²) in [5.41, 5.74) is 3.89. The fraction of sp³-hybridized carbons (Fsp3) is 0.222. The zero-order valence-corrected chi connectivity index (χ0v) is 14.1. The minimum atomic E-state index is -0.0349. The summed E-state index contributed by atoms with van der Waals surface area (Å²) in [7, 11) is 0. The lowest BCUT2D eigenvalue weighted by atomic mass is 10.2. The molecule has 3 heterocycles. The number of pyridine rings is 1. The Morgan fingerprint density at radius 2 is 2.04 bits per heavy atom. The Bertz CT molecular complexity index is 791. The van der Waals surface area contributed by atoms with Crippen molar-refractivity contribution in [3.8, 4) is 0 Å². The van der Waals surface area contributed by atoms with E-state index in [2.05, 4.69) is 32.4 Å². The van der Waals surface area contributed by atoms with E-state index in [4.69, 9.17) is 0 Å². The predicted molar refractivity (Wildman–Crippen MR) is 92.7 cm³/mol. The maximum Gasteiger partial charge on any atom is 0.253 e. The number of nitrogens with one attached hydrogen (secondary N) is 1. The molecule has 118 valence electrons. The maximum atomic E-state index is 12.5. The molecule has 0 aliphatic carbocycles. The third-order valence-electron chi connectivity index (χ3n) is 3.91. The van der Waals surface area contributed by atoms with Gasteiger partial charge in [0.25, 0.3) is 5.91 Å². The molecule has 1 amide bonds. The molecule has 4 nitrogen and oxygen atoms in total. The van der Waals surface area contributed by atoms with Crippen molar-refractivity contribution >= 4 is 17.2 Å². The van der Waals surface area contributed by atoms with Crippen LogP contribution in [0.4, 0.5) is 0 Å². The number of carbonyl (C=O) groups is 1. The highest BCUT2D eigenvalue weighted by Gasteiger charge is 2.15. The van der Waals surface area contributed by atoms with Gasteiger partial charge in [-0.25, -0.2) is 0 Å². The first-order valence-electron chi connectivity index (χ1n) is 7.51. The van der Waals surface area contributed by atoms with Crippen molar-refractivity contribution in [3.63, 3.8) is 0 Å². The molecule has 0 saturated carbocycles. The zero-order chi connectivity index (χ0) is 16.2. The van der Waals surface area contributed by atoms with Crippen LogP contribution >= 0.6 is 11.3 Å². The number of amides is 1. The fourth-order valence-corrected chi connectivity index (χ4v) is 3.30. The first kappa shape index (κ1) is 15.5. The molecular formula is C18H19N3OS. The molecule has 0 bridgehead atoms. The van der Waals surface area contributed by atoms with Crippen LogP contribution in [0.3, 0.4) is 0 Å². The average Bonchev–Trinajstić information content (AvgIpc) is 3.17. The summed E-state index contributed by atoms with van der Waals surface area (Å²) < 4.78 is 2.19. The van der Waals surface area contributed by atoms with Crippen molar-refractivity contribution < 1.29 is 4.79 Å². The van der Waals surface area contributed by atoms with E-state index in [-0.39, 0.29) is 5.91 Å². The van der Waals surface area contributed by atoms with E-state index >= 15 is 0 Å². The Morgan fingerprint density at radius 1 is 1.26 bits per heavy atom. The largest absolute Gasteiger partial charge is 0.348 e. The Kier molecular flexibility index (Phi) is 4.57. The van der Waals surface area contributed by atoms with Crippen LogP contribution < -0.4 is 5.32 Å². The van der Waals surface area contributed by atoms with Crippen LogP contribution in [0.25, 0.3) is 0 Å². The van der Waals surface area contributed by atoms with Gasteiger partial charge in [0.15, 0.2) is 0 Å². The molecule has 3 aromatic heterocycles. The zero-order valence-electron chi connectivity index (χ0n) is 13.2. The summed E-state index contributed by atoms with van der Waals surface area (Å²) in [6, 6.07) is 9.94. The van der Waals surface area contributed by atoms with Gasteiger partial charge in [-0.2, -0.15) is 0 Å². The van der Waals surface area contributed by atoms with E-state index in [9.17, 15) is 4.79 Å². The topological polar surface area (TPSA) is 46.9 Å². The van der Waals surface area contributed by atoms with E-state index in [1.807, 2.05) is 32.0 Å². The van der Waals surface area contributed by atoms with Crippen LogP contribution in [0.15, 0.2) is 48.1 Å². The fourth-order valence-electron chi connectivity index (χ4n) is 2.61. The summed E-state index contributed by atoms with van der Waals surface area (Å²) >= 11 is 1.73. The third kappa shape index (κ3) is 3.51. The lowest BCUT2D eigenvalue weighted by Crippen LogP contribution is -2.23. The van der Waals surface area contributed by atoms with Crippen LogP contribution in [0.2, 0.25) is 0 Å². The van der Waals surface area contributed by atoms with Gasteiger partial charge in [-0.15, -0.1) is 11.3 Å². The molecule has 0 saturated heterocycles. The Morgan fingerprint density at radius 3 is 2.74 bits per heavy atom. The highest BCUT2D eigenvalue weighted by molar-refractivity contribution is 7.09. The van der Waals surface area contributed by atoms with E-state index in [1.54, 1.807) is 23.7 Å². The number of hydrogen-bond donors (Lipinski definition) is 1. The number of hydrogen-bond acceptors (Lipinski definition) is 3. The third-order valence-corrected chi connectivity index (χ3v) is 4.78. The standard InChI is InChI=1S/C18H19N3OS/c1-13-10-17(14(2)21(13)12-16-4-3-9-23-16)18(22)20-11-15-5-7-19-8-6-15/h3-10H,11-12H2,1-2H3,(H,20,22). The van der Waals surface area contributed by atoms with Crippen molar-refractivity contribution in [2.75, 3.05) is 0 Å². The van der Waals surface area contributed by atoms with Crippen LogP contribution in [0, 0.1) is 13.8 Å². The van der Waals surface area contributed by atoms with Gasteiger partial charge in [-0.05, 0) is 49.1 Å². The summed E-state index contributed by atoms with van der Waals surface area (Å²) in [5.74, 6) is -0.0349. The second kappa shape index (κ2) is 6.79. The number of aromatic nitrogens is 2. The van der Waals surface area contributed by atoms with Gasteiger partial charge in [0, 0.05) is 35.2 Å². The quantitative estimate of drug-likeness (QED) is 0.780. The summed E-state index contributed by atoms with van der Waals surface area (Å²) in [6.07, 6.45) is 3.46. The Balaban J connectivity index is 1.73. The molecule has 3 rings (SSSR count). The lowest BCUT2D eigenvalue weighted by molar-refractivity contribution is 0.0950. The number of thiophene rings is 1. The molecule has 0 aliphatic heterocycles. The summed E-state index contributed by atoms with van der Waals surface area (Å²) in [5, 5.41) is 5.05. The molecule has 23 heavy (non-hydrogen) atoms. The van der Waals surface area contributed by atoms with Crippen LogP contribution in [0.5, 0.6) is 0 Å². The van der Waals surface area contributed by atoms with E-state index in [0.717, 1.165) is 29.1 Å². The average molecular weight is 325 g/mol. The predicted octanol–water partition coefficient (Wildman–Crippen LogP) is 3.54. The molecule has 3 aromatic rings. The maximum absolute atomic E-state index is 12.5. The van der Waals surface area contributed by atoms with Gasteiger partial charge in [0.1, 0.15) is 0 Å². The minimum absolute atomic E-state index is 0.0349. The molecule has 1 N–H and O–H groups in total. The SMILES string of the molecule is Cc1cc(C(=O)NCc2ccncc2)c(C)n1Cc1cccs1. The molecule has 0 spiro atoms. The lowest BCUT2D eigenvalue weighted by Gasteiger charge is -2.09. The van der Waals surface area contributed by atoms with E-state index < -0.39 is 0 Å². The first-order chi connectivity index (χ1) is 11.1. The van der Waals surface area contributed by atoms with Crippen LogP contribution in [-0.2, 0) is 13.1 Å². The van der Waals surface area contributed by atoms with E-state index in [0.29, 0.717) is 6.54 Å². The number of aryl methyl sites for hydroxylation is 1. The Hall–Kier alpha value is -2.40. The van der Waals surface area contributed by atoms with Gasteiger partial charge >= 0.3 is 0 Å². The molecule has 0 radical (unpaired) electrons. The van der Waals surface area contributed by atoms with Crippen molar-refractivity contribution in [3.05, 3.63) is 75.5 Å². The van der Waals surface area contributed by atoms with E-state index in [1.165, 1.54) is 4.88 Å². The molecule has 0 unspecified atom stereocenters. The minimum Gasteiger partial charge on any atom is -0.348 e. The molecular weight excluding hydrogens is 306 g/mol. The number of rotatable bonds is 5. The van der Waals surface area contributed by atoms with Crippen molar-refractivity contribution in [2.24, 2.45) is 0 Å². The Labute approximate surface area is 139 Å². The second-order valence-electron chi connectivity index (χ2n) is 5.49.